The van der Waals surface area contributed by atoms with Gasteiger partial charge in [-0.2, -0.15) is 0 Å². The number of hydrogen-bond acceptors (Lipinski definition) is 4. The van der Waals surface area contributed by atoms with Crippen LogP contribution in [0.2, 0.25) is 0 Å². The maximum atomic E-state index is 10.0. The Kier molecular flexibility index (Phi) is 6.03. The van der Waals surface area contributed by atoms with Crippen LogP contribution in [0.1, 0.15) is 36.8 Å². The first-order valence-corrected chi connectivity index (χ1v) is 7.86. The van der Waals surface area contributed by atoms with Crippen molar-refractivity contribution in [1.29, 1.82) is 0 Å². The van der Waals surface area contributed by atoms with Gasteiger partial charge in [0.05, 0.1) is 6.10 Å². The summed E-state index contributed by atoms with van der Waals surface area (Å²) >= 11 is 0. The predicted octanol–water partition coefficient (Wildman–Crippen LogP) is 1.94. The lowest BCUT2D eigenvalue weighted by atomic mass is 9.92. The van der Waals surface area contributed by atoms with Gasteiger partial charge in [-0.05, 0) is 38.3 Å². The third-order valence-electron chi connectivity index (χ3n) is 4.11. The van der Waals surface area contributed by atoms with E-state index in [2.05, 4.69) is 11.4 Å². The molecule has 0 aliphatic heterocycles. The summed E-state index contributed by atoms with van der Waals surface area (Å²) in [4.78, 5) is 0. The number of rotatable bonds is 6. The van der Waals surface area contributed by atoms with Crippen LogP contribution >= 0.6 is 0 Å². The Morgan fingerprint density at radius 1 is 1.29 bits per heavy atom. The average molecular weight is 293 g/mol. The first-order chi connectivity index (χ1) is 10.1. The first kappa shape index (κ1) is 16.3. The highest BCUT2D eigenvalue weighted by molar-refractivity contribution is 5.35. The third-order valence-corrected chi connectivity index (χ3v) is 4.11. The summed E-state index contributed by atoms with van der Waals surface area (Å²) in [6, 6.07) is 6.12. The molecule has 0 spiro atoms. The minimum Gasteiger partial charge on any atom is -0.491 e. The maximum absolute atomic E-state index is 10.0. The van der Waals surface area contributed by atoms with Crippen LogP contribution < -0.4 is 10.1 Å². The quantitative estimate of drug-likeness (QED) is 0.750. The van der Waals surface area contributed by atoms with Crippen molar-refractivity contribution in [3.8, 4) is 5.75 Å². The smallest absolute Gasteiger partial charge is 0.122 e. The Morgan fingerprint density at radius 3 is 2.76 bits per heavy atom. The lowest BCUT2D eigenvalue weighted by Crippen LogP contribution is -2.45. The summed E-state index contributed by atoms with van der Waals surface area (Å²) in [7, 11) is 0. The number of ether oxygens (including phenoxy) is 1. The van der Waals surface area contributed by atoms with E-state index in [0.29, 0.717) is 6.54 Å². The fraction of sp³-hybridized carbons (Fsp3) is 0.647. The molecule has 4 heteroatoms. The van der Waals surface area contributed by atoms with E-state index < -0.39 is 6.10 Å². The molecule has 118 valence electrons. The molecule has 0 amide bonds. The number of aryl methyl sites for hydroxylation is 2. The molecule has 2 rings (SSSR count). The van der Waals surface area contributed by atoms with Crippen molar-refractivity contribution in [3.05, 3.63) is 29.3 Å². The van der Waals surface area contributed by atoms with Crippen LogP contribution in [0.4, 0.5) is 0 Å². The summed E-state index contributed by atoms with van der Waals surface area (Å²) in [6.07, 6.45) is 3.21. The van der Waals surface area contributed by atoms with Gasteiger partial charge in [0.1, 0.15) is 18.5 Å². The van der Waals surface area contributed by atoms with Gasteiger partial charge in [-0.15, -0.1) is 0 Å². The summed E-state index contributed by atoms with van der Waals surface area (Å²) in [5.74, 6) is 0.817. The second-order valence-electron chi connectivity index (χ2n) is 6.10. The fourth-order valence-corrected chi connectivity index (χ4v) is 2.84. The van der Waals surface area contributed by atoms with Crippen LogP contribution in [0.15, 0.2) is 18.2 Å². The zero-order valence-electron chi connectivity index (χ0n) is 13.0. The number of aliphatic hydroxyl groups is 2. The van der Waals surface area contributed by atoms with Crippen LogP contribution in [0, 0.1) is 13.8 Å². The van der Waals surface area contributed by atoms with Gasteiger partial charge < -0.3 is 20.3 Å². The molecule has 4 nitrogen and oxygen atoms in total. The standard InChI is InChI=1S/C17H27NO3/c1-12-7-8-17(13(2)9-12)21-11-14(19)10-18-15-5-3-4-6-16(15)20/h7-9,14-16,18-20H,3-6,10-11H2,1-2H3. The molecule has 1 fully saturated rings. The topological polar surface area (TPSA) is 61.7 Å². The number of nitrogens with one attached hydrogen (secondary N) is 1. The van der Waals surface area contributed by atoms with Crippen molar-refractivity contribution in [2.45, 2.75) is 57.8 Å². The Morgan fingerprint density at radius 2 is 2.05 bits per heavy atom. The number of benzene rings is 1. The molecular weight excluding hydrogens is 266 g/mol. The fourth-order valence-electron chi connectivity index (χ4n) is 2.84. The van der Waals surface area contributed by atoms with Gasteiger partial charge in [0.2, 0.25) is 0 Å². The molecule has 21 heavy (non-hydrogen) atoms. The number of hydrogen-bond donors (Lipinski definition) is 3. The monoisotopic (exact) mass is 293 g/mol. The summed E-state index contributed by atoms with van der Waals surface area (Å²) in [5.41, 5.74) is 2.28. The van der Waals surface area contributed by atoms with Gasteiger partial charge in [0, 0.05) is 12.6 Å². The summed E-state index contributed by atoms with van der Waals surface area (Å²) < 4.78 is 5.67. The van der Waals surface area contributed by atoms with Crippen molar-refractivity contribution in [2.24, 2.45) is 0 Å². The molecule has 1 aliphatic carbocycles. The van der Waals surface area contributed by atoms with E-state index in [0.717, 1.165) is 37.0 Å². The number of aliphatic hydroxyl groups excluding tert-OH is 2. The normalized spacial score (nSPS) is 23.8. The minimum absolute atomic E-state index is 0.106. The lowest BCUT2D eigenvalue weighted by Gasteiger charge is -2.29. The highest BCUT2D eigenvalue weighted by Crippen LogP contribution is 2.19. The van der Waals surface area contributed by atoms with Gasteiger partial charge in [-0.25, -0.2) is 0 Å². The molecule has 0 bridgehead atoms. The van der Waals surface area contributed by atoms with Crippen molar-refractivity contribution in [3.63, 3.8) is 0 Å². The van der Waals surface area contributed by atoms with Gasteiger partial charge in [-0.3, -0.25) is 0 Å². The van der Waals surface area contributed by atoms with E-state index >= 15 is 0 Å². The average Bonchev–Trinajstić information content (AvgIpc) is 2.45. The molecule has 0 radical (unpaired) electrons. The maximum Gasteiger partial charge on any atom is 0.122 e. The summed E-state index contributed by atoms with van der Waals surface area (Å²) in [5, 5.41) is 23.1. The molecule has 3 atom stereocenters. The van der Waals surface area contributed by atoms with Crippen LogP contribution in [-0.4, -0.2) is 41.6 Å². The SMILES string of the molecule is Cc1ccc(OCC(O)CNC2CCCCC2O)c(C)c1. The van der Waals surface area contributed by atoms with E-state index in [4.69, 9.17) is 4.74 Å². The van der Waals surface area contributed by atoms with Crippen molar-refractivity contribution in [2.75, 3.05) is 13.2 Å². The van der Waals surface area contributed by atoms with Gasteiger partial charge in [0.25, 0.3) is 0 Å². The van der Waals surface area contributed by atoms with E-state index in [1.807, 2.05) is 26.0 Å². The Labute approximate surface area is 127 Å². The molecule has 1 aliphatic rings. The molecule has 3 unspecified atom stereocenters. The Bertz CT molecular complexity index is 450. The lowest BCUT2D eigenvalue weighted by molar-refractivity contribution is 0.0672. The van der Waals surface area contributed by atoms with Crippen LogP contribution in [0.3, 0.4) is 0 Å². The Hall–Kier alpha value is -1.10. The van der Waals surface area contributed by atoms with Crippen LogP contribution in [0.25, 0.3) is 0 Å². The zero-order chi connectivity index (χ0) is 15.2. The van der Waals surface area contributed by atoms with Gasteiger partial charge in [-0.1, -0.05) is 30.5 Å². The predicted molar refractivity (Wildman–Crippen MR) is 83.7 cm³/mol. The van der Waals surface area contributed by atoms with E-state index in [1.165, 1.54) is 5.56 Å². The van der Waals surface area contributed by atoms with Crippen molar-refractivity contribution >= 4 is 0 Å². The highest BCUT2D eigenvalue weighted by atomic mass is 16.5. The molecular formula is C17H27NO3. The second-order valence-corrected chi connectivity index (χ2v) is 6.10. The molecule has 1 aromatic rings. The third kappa shape index (κ3) is 4.99. The van der Waals surface area contributed by atoms with E-state index in [-0.39, 0.29) is 18.8 Å². The highest BCUT2D eigenvalue weighted by Gasteiger charge is 2.23. The molecule has 0 aromatic heterocycles. The largest absolute Gasteiger partial charge is 0.491 e. The van der Waals surface area contributed by atoms with E-state index in [1.54, 1.807) is 0 Å². The minimum atomic E-state index is -0.570. The molecule has 0 saturated heterocycles. The van der Waals surface area contributed by atoms with Gasteiger partial charge in [0.15, 0.2) is 0 Å². The van der Waals surface area contributed by atoms with Crippen molar-refractivity contribution < 1.29 is 14.9 Å². The molecule has 1 saturated carbocycles. The van der Waals surface area contributed by atoms with E-state index in [9.17, 15) is 10.2 Å². The van der Waals surface area contributed by atoms with Crippen LogP contribution in [0.5, 0.6) is 5.75 Å². The first-order valence-electron chi connectivity index (χ1n) is 7.86. The molecule has 0 heterocycles. The van der Waals surface area contributed by atoms with Crippen LogP contribution in [-0.2, 0) is 0 Å². The molecule has 1 aromatic carbocycles. The van der Waals surface area contributed by atoms with Crippen molar-refractivity contribution in [1.82, 2.24) is 5.32 Å². The second kappa shape index (κ2) is 7.78. The van der Waals surface area contributed by atoms with Gasteiger partial charge >= 0.3 is 0 Å². The zero-order valence-corrected chi connectivity index (χ0v) is 13.0. The Balaban J connectivity index is 1.73. The summed E-state index contributed by atoms with van der Waals surface area (Å²) in [6.45, 7) is 4.77. The molecule has 3 N–H and O–H groups in total.